The van der Waals surface area contributed by atoms with Gasteiger partial charge >= 0.3 is 0 Å². The molecule has 0 aliphatic carbocycles. The Morgan fingerprint density at radius 2 is 2.21 bits per heavy atom. The number of nitrogens with one attached hydrogen (secondary N) is 2. The Hall–Kier alpha value is -2.70. The zero-order chi connectivity index (χ0) is 17.3. The summed E-state index contributed by atoms with van der Waals surface area (Å²) in [5, 5.41) is 2.84. The Bertz CT molecular complexity index is 862. The van der Waals surface area contributed by atoms with Gasteiger partial charge in [0.1, 0.15) is 11.4 Å². The molecule has 2 aromatic rings. The summed E-state index contributed by atoms with van der Waals surface area (Å²) in [5.41, 5.74) is -0.547. The summed E-state index contributed by atoms with van der Waals surface area (Å²) in [4.78, 5) is 41.0. The van der Waals surface area contributed by atoms with Gasteiger partial charge in [0.2, 0.25) is 11.3 Å². The van der Waals surface area contributed by atoms with Crippen LogP contribution in [0.4, 0.5) is 4.39 Å². The predicted molar refractivity (Wildman–Crippen MR) is 87.3 cm³/mol. The fourth-order valence-electron chi connectivity index (χ4n) is 3.00. The SMILES string of the molecule is CCCN1C[C@H](NC(=O)c2c[nH]c3c(F)cccc3c2=O)CC1=O. The van der Waals surface area contributed by atoms with Crippen LogP contribution in [0.3, 0.4) is 0 Å². The fourth-order valence-corrected chi connectivity index (χ4v) is 3.00. The zero-order valence-corrected chi connectivity index (χ0v) is 13.3. The second kappa shape index (κ2) is 6.43. The van der Waals surface area contributed by atoms with Crippen LogP contribution >= 0.6 is 0 Å². The molecule has 1 atom stereocenters. The summed E-state index contributed by atoms with van der Waals surface area (Å²) < 4.78 is 13.7. The van der Waals surface area contributed by atoms with E-state index < -0.39 is 17.2 Å². The highest BCUT2D eigenvalue weighted by Gasteiger charge is 2.30. The maximum absolute atomic E-state index is 13.7. The van der Waals surface area contributed by atoms with Gasteiger partial charge in [0.15, 0.2) is 0 Å². The van der Waals surface area contributed by atoms with E-state index in [1.807, 2.05) is 6.92 Å². The molecule has 3 rings (SSSR count). The summed E-state index contributed by atoms with van der Waals surface area (Å²) in [6.07, 6.45) is 2.29. The number of aromatic amines is 1. The van der Waals surface area contributed by atoms with Crippen LogP contribution in [0.5, 0.6) is 0 Å². The van der Waals surface area contributed by atoms with Gasteiger partial charge in [-0.2, -0.15) is 0 Å². The number of aromatic nitrogens is 1. The lowest BCUT2D eigenvalue weighted by Gasteiger charge is -2.16. The van der Waals surface area contributed by atoms with E-state index in [0.717, 1.165) is 6.42 Å². The molecule has 2 N–H and O–H groups in total. The maximum atomic E-state index is 13.7. The number of para-hydroxylation sites is 1. The molecule has 0 saturated carbocycles. The topological polar surface area (TPSA) is 82.3 Å². The van der Waals surface area contributed by atoms with Gasteiger partial charge in [0.05, 0.1) is 11.6 Å². The second-order valence-corrected chi connectivity index (χ2v) is 5.91. The highest BCUT2D eigenvalue weighted by molar-refractivity contribution is 5.97. The number of benzene rings is 1. The van der Waals surface area contributed by atoms with Crippen molar-refractivity contribution < 1.29 is 14.0 Å². The zero-order valence-electron chi connectivity index (χ0n) is 13.3. The summed E-state index contributed by atoms with van der Waals surface area (Å²) in [6.45, 7) is 3.08. The van der Waals surface area contributed by atoms with E-state index in [9.17, 15) is 18.8 Å². The first kappa shape index (κ1) is 16.2. The molecule has 1 aliphatic rings. The minimum Gasteiger partial charge on any atom is -0.358 e. The number of likely N-dealkylation sites (tertiary alicyclic amines) is 1. The number of H-pyrrole nitrogens is 1. The Morgan fingerprint density at radius 3 is 2.96 bits per heavy atom. The molecule has 1 aromatic heterocycles. The van der Waals surface area contributed by atoms with Crippen LogP contribution < -0.4 is 10.7 Å². The molecule has 2 amide bonds. The van der Waals surface area contributed by atoms with Crippen LogP contribution in [0.15, 0.2) is 29.2 Å². The molecule has 1 aromatic carbocycles. The van der Waals surface area contributed by atoms with Gasteiger partial charge in [-0.05, 0) is 18.6 Å². The summed E-state index contributed by atoms with van der Waals surface area (Å²) in [6, 6.07) is 3.81. The van der Waals surface area contributed by atoms with Crippen molar-refractivity contribution in [1.29, 1.82) is 0 Å². The minimum absolute atomic E-state index is 0.00311. The number of amides is 2. The fraction of sp³-hybridized carbons (Fsp3) is 0.353. The van der Waals surface area contributed by atoms with Gasteiger partial charge in [0, 0.05) is 31.1 Å². The van der Waals surface area contributed by atoms with Gasteiger partial charge in [0.25, 0.3) is 5.91 Å². The Balaban J connectivity index is 1.81. The maximum Gasteiger partial charge on any atom is 0.257 e. The van der Waals surface area contributed by atoms with Crippen LogP contribution in [0.25, 0.3) is 10.9 Å². The number of hydrogen-bond acceptors (Lipinski definition) is 3. The highest BCUT2D eigenvalue weighted by Crippen LogP contribution is 2.14. The van der Waals surface area contributed by atoms with Crippen LogP contribution in [0, 0.1) is 5.82 Å². The standard InChI is InChI=1S/C17H18FN3O3/c1-2-6-21-9-10(7-14(21)22)20-17(24)12-8-19-15-11(16(12)23)4-3-5-13(15)18/h3-5,8,10H,2,6-7,9H2,1H3,(H,19,23)(H,20,24)/t10-/m1/s1. The van der Waals surface area contributed by atoms with E-state index in [-0.39, 0.29) is 34.8 Å². The number of carbonyl (C=O) groups excluding carboxylic acids is 2. The first-order chi connectivity index (χ1) is 11.5. The highest BCUT2D eigenvalue weighted by atomic mass is 19.1. The monoisotopic (exact) mass is 331 g/mol. The third kappa shape index (κ3) is 2.89. The smallest absolute Gasteiger partial charge is 0.257 e. The Kier molecular flexibility index (Phi) is 4.33. The molecule has 0 bridgehead atoms. The van der Waals surface area contributed by atoms with Gasteiger partial charge in [-0.25, -0.2) is 4.39 Å². The van der Waals surface area contributed by atoms with Crippen molar-refractivity contribution in [1.82, 2.24) is 15.2 Å². The van der Waals surface area contributed by atoms with E-state index in [1.54, 1.807) is 4.90 Å². The molecule has 0 unspecified atom stereocenters. The van der Waals surface area contributed by atoms with Crippen molar-refractivity contribution in [3.63, 3.8) is 0 Å². The van der Waals surface area contributed by atoms with Crippen molar-refractivity contribution in [2.45, 2.75) is 25.8 Å². The first-order valence-corrected chi connectivity index (χ1v) is 7.89. The summed E-state index contributed by atoms with van der Waals surface area (Å²) in [5.74, 6) is -1.11. The Labute approximate surface area is 137 Å². The number of nitrogens with zero attached hydrogens (tertiary/aromatic N) is 1. The molecule has 1 aliphatic heterocycles. The minimum atomic E-state index is -0.557. The molecule has 7 heteroatoms. The molecule has 2 heterocycles. The van der Waals surface area contributed by atoms with Crippen LogP contribution in [-0.2, 0) is 4.79 Å². The van der Waals surface area contributed by atoms with E-state index in [4.69, 9.17) is 0 Å². The molecule has 1 fully saturated rings. The number of pyridine rings is 1. The quantitative estimate of drug-likeness (QED) is 0.889. The average Bonchev–Trinajstić information content (AvgIpc) is 2.88. The van der Waals surface area contributed by atoms with E-state index >= 15 is 0 Å². The molecular weight excluding hydrogens is 313 g/mol. The number of rotatable bonds is 4. The van der Waals surface area contributed by atoms with E-state index in [1.165, 1.54) is 24.4 Å². The summed E-state index contributed by atoms with van der Waals surface area (Å²) >= 11 is 0. The lowest BCUT2D eigenvalue weighted by atomic mass is 10.1. The molecule has 0 radical (unpaired) electrons. The second-order valence-electron chi connectivity index (χ2n) is 5.91. The van der Waals surface area contributed by atoms with Crippen LogP contribution in [0.2, 0.25) is 0 Å². The third-order valence-electron chi connectivity index (χ3n) is 4.15. The van der Waals surface area contributed by atoms with Crippen molar-refractivity contribution in [2.24, 2.45) is 0 Å². The Morgan fingerprint density at radius 1 is 1.42 bits per heavy atom. The van der Waals surface area contributed by atoms with Gasteiger partial charge in [-0.15, -0.1) is 0 Å². The third-order valence-corrected chi connectivity index (χ3v) is 4.15. The molecule has 126 valence electrons. The number of halogens is 1. The van der Waals surface area contributed by atoms with Crippen molar-refractivity contribution >= 4 is 22.7 Å². The van der Waals surface area contributed by atoms with Gasteiger partial charge in [-0.3, -0.25) is 14.4 Å². The number of hydrogen-bond donors (Lipinski definition) is 2. The lowest BCUT2D eigenvalue weighted by molar-refractivity contribution is -0.127. The predicted octanol–water partition coefficient (Wildman–Crippen LogP) is 1.41. The van der Waals surface area contributed by atoms with Crippen LogP contribution in [0.1, 0.15) is 30.1 Å². The average molecular weight is 331 g/mol. The normalized spacial score (nSPS) is 17.5. The lowest BCUT2D eigenvalue weighted by Crippen LogP contribution is -2.39. The van der Waals surface area contributed by atoms with E-state index in [2.05, 4.69) is 10.3 Å². The number of carbonyl (C=O) groups is 2. The molecule has 0 spiro atoms. The largest absolute Gasteiger partial charge is 0.358 e. The number of fused-ring (bicyclic) bond motifs is 1. The van der Waals surface area contributed by atoms with Crippen molar-refractivity contribution in [3.8, 4) is 0 Å². The summed E-state index contributed by atoms with van der Waals surface area (Å²) in [7, 11) is 0. The molecule has 6 nitrogen and oxygen atoms in total. The van der Waals surface area contributed by atoms with Gasteiger partial charge in [-0.1, -0.05) is 13.0 Å². The van der Waals surface area contributed by atoms with E-state index in [0.29, 0.717) is 13.1 Å². The van der Waals surface area contributed by atoms with Crippen LogP contribution in [-0.4, -0.2) is 40.8 Å². The molecule has 1 saturated heterocycles. The van der Waals surface area contributed by atoms with Crippen molar-refractivity contribution in [2.75, 3.05) is 13.1 Å². The first-order valence-electron chi connectivity index (χ1n) is 7.89. The van der Waals surface area contributed by atoms with Crippen molar-refractivity contribution in [3.05, 3.63) is 46.0 Å². The molecular formula is C17H18FN3O3. The molecule has 24 heavy (non-hydrogen) atoms. The van der Waals surface area contributed by atoms with Gasteiger partial charge < -0.3 is 15.2 Å².